The summed E-state index contributed by atoms with van der Waals surface area (Å²) >= 11 is -0.729. The van der Waals surface area contributed by atoms with Gasteiger partial charge in [0.1, 0.15) is 0 Å². The second kappa shape index (κ2) is 8.71. The molecule has 3 heteroatoms. The number of hydrogen-bond acceptors (Lipinski definition) is 2. The third kappa shape index (κ3) is 3.98. The van der Waals surface area contributed by atoms with E-state index in [4.69, 9.17) is 9.97 Å². The van der Waals surface area contributed by atoms with Crippen LogP contribution in [-0.2, 0) is 17.7 Å². The topological polar surface area (TPSA) is 25.8 Å². The van der Waals surface area contributed by atoms with Crippen LogP contribution in [0.5, 0.6) is 0 Å². The summed E-state index contributed by atoms with van der Waals surface area (Å²) in [6, 6.07) is 42.5. The summed E-state index contributed by atoms with van der Waals surface area (Å²) in [4.78, 5) is 10.3. The number of pyridine rings is 2. The zero-order chi connectivity index (χ0) is 22.0. The third-order valence-electron chi connectivity index (χ3n) is 5.66. The van der Waals surface area contributed by atoms with Gasteiger partial charge in [0.05, 0.1) is 0 Å². The molecule has 0 fully saturated rings. The first-order valence-corrected chi connectivity index (χ1v) is 13.3. The number of fused-ring (bicyclic) bond motifs is 2. The summed E-state index contributed by atoms with van der Waals surface area (Å²) < 4.78 is 2.30. The molecule has 0 aliphatic rings. The van der Waals surface area contributed by atoms with Crippen molar-refractivity contribution in [3.8, 4) is 22.5 Å². The van der Waals surface area contributed by atoms with E-state index in [9.17, 15) is 0 Å². The van der Waals surface area contributed by atoms with Crippen LogP contribution in [0.25, 0.3) is 44.1 Å². The zero-order valence-corrected chi connectivity index (χ0v) is 20.2. The van der Waals surface area contributed by atoms with Gasteiger partial charge in [0.2, 0.25) is 0 Å². The van der Waals surface area contributed by atoms with E-state index in [0.29, 0.717) is 0 Å². The third-order valence-corrected chi connectivity index (χ3v) is 8.11. The summed E-state index contributed by atoms with van der Waals surface area (Å²) in [5, 5.41) is 4.84. The van der Waals surface area contributed by atoms with Gasteiger partial charge in [-0.1, -0.05) is 0 Å². The van der Waals surface area contributed by atoms with Crippen molar-refractivity contribution in [2.45, 2.75) is 0 Å². The van der Waals surface area contributed by atoms with Crippen LogP contribution in [0.2, 0.25) is 0 Å². The van der Waals surface area contributed by atoms with E-state index in [1.165, 1.54) is 21.5 Å². The van der Waals surface area contributed by atoms with Gasteiger partial charge >= 0.3 is 201 Å². The molecule has 6 aromatic rings. The summed E-state index contributed by atoms with van der Waals surface area (Å²) in [5.74, 6) is 0. The Morgan fingerprint density at radius 3 is 1.27 bits per heavy atom. The van der Waals surface area contributed by atoms with Crippen LogP contribution in [0.4, 0.5) is 0 Å². The van der Waals surface area contributed by atoms with Gasteiger partial charge in [-0.05, 0) is 0 Å². The molecule has 4 aromatic carbocycles. The Balaban J connectivity index is 1.50. The van der Waals surface area contributed by atoms with Crippen LogP contribution < -0.4 is 8.42 Å². The van der Waals surface area contributed by atoms with Crippen molar-refractivity contribution in [2.75, 3.05) is 0 Å². The van der Waals surface area contributed by atoms with Crippen LogP contribution in [-0.4, -0.2) is 9.97 Å². The van der Waals surface area contributed by atoms with Crippen molar-refractivity contribution in [1.82, 2.24) is 9.97 Å². The molecule has 2 heterocycles. The van der Waals surface area contributed by atoms with Gasteiger partial charge < -0.3 is 0 Å². The fourth-order valence-corrected chi connectivity index (χ4v) is 6.64. The van der Waals surface area contributed by atoms with E-state index in [1.807, 2.05) is 12.1 Å². The van der Waals surface area contributed by atoms with Crippen molar-refractivity contribution in [3.05, 3.63) is 121 Å². The zero-order valence-electron chi connectivity index (χ0n) is 17.8. The SMILES string of the molecule is c1ccc(-c2n[c]([Ir+][c]3cc4ccccc4c(-c4ccccc4)n3)cc3ccccc23)cc1. The Morgan fingerprint density at radius 1 is 0.424 bits per heavy atom. The Hall–Kier alpha value is -3.65. The van der Waals surface area contributed by atoms with Crippen molar-refractivity contribution >= 4 is 30.0 Å². The number of benzene rings is 4. The second-order valence-corrected chi connectivity index (χ2v) is 10.9. The minimum atomic E-state index is -0.729. The van der Waals surface area contributed by atoms with E-state index in [-0.39, 0.29) is 0 Å². The van der Waals surface area contributed by atoms with Crippen molar-refractivity contribution in [1.29, 1.82) is 0 Å². The molecule has 0 saturated carbocycles. The van der Waals surface area contributed by atoms with E-state index in [2.05, 4.69) is 109 Å². The first kappa shape index (κ1) is 20.0. The average molecular weight is 601 g/mol. The first-order chi connectivity index (χ1) is 16.3. The molecule has 0 N–H and O–H groups in total. The normalized spacial score (nSPS) is 11.3. The Bertz CT molecular complexity index is 1460. The molecule has 33 heavy (non-hydrogen) atoms. The Kier molecular flexibility index (Phi) is 5.27. The predicted octanol–water partition coefficient (Wildman–Crippen LogP) is 6.15. The fourth-order valence-electron chi connectivity index (χ4n) is 4.11. The Morgan fingerprint density at radius 2 is 0.818 bits per heavy atom. The molecule has 0 bridgehead atoms. The van der Waals surface area contributed by atoms with Crippen molar-refractivity contribution < 1.29 is 17.7 Å². The van der Waals surface area contributed by atoms with Gasteiger partial charge in [-0.15, -0.1) is 0 Å². The summed E-state index contributed by atoms with van der Waals surface area (Å²) in [7, 11) is 0. The maximum atomic E-state index is 5.16. The number of nitrogens with zero attached hydrogens (tertiary/aromatic N) is 2. The molecule has 0 aliphatic heterocycles. The fraction of sp³-hybridized carbons (Fsp3) is 0. The first-order valence-electron chi connectivity index (χ1n) is 10.9. The van der Waals surface area contributed by atoms with Crippen molar-refractivity contribution in [3.63, 3.8) is 0 Å². The predicted molar refractivity (Wildman–Crippen MR) is 134 cm³/mol. The van der Waals surface area contributed by atoms with Gasteiger partial charge in [-0.25, -0.2) is 0 Å². The van der Waals surface area contributed by atoms with Crippen LogP contribution in [0.1, 0.15) is 0 Å². The molecular formula is C30H20IrN2+. The van der Waals surface area contributed by atoms with Gasteiger partial charge in [0.25, 0.3) is 0 Å². The summed E-state index contributed by atoms with van der Waals surface area (Å²) in [5.41, 5.74) is 4.41. The molecule has 0 aliphatic carbocycles. The van der Waals surface area contributed by atoms with Gasteiger partial charge in [-0.3, -0.25) is 0 Å². The monoisotopic (exact) mass is 601 g/mol. The van der Waals surface area contributed by atoms with Gasteiger partial charge in [0.15, 0.2) is 0 Å². The van der Waals surface area contributed by atoms with Crippen LogP contribution in [0.15, 0.2) is 121 Å². The molecule has 0 saturated heterocycles. The number of hydrogen-bond donors (Lipinski definition) is 0. The van der Waals surface area contributed by atoms with E-state index in [0.717, 1.165) is 30.9 Å². The standard InChI is InChI=1S/2C15H10N.Ir/c2*1-2-7-13(8-3-1)15-14-9-5-4-6-12(14)10-11-16-15;/h2*1-10H;/q;;+1. The minimum absolute atomic E-state index is 0.729. The number of rotatable bonds is 4. The molecule has 0 atom stereocenters. The average Bonchev–Trinajstić information content (AvgIpc) is 2.89. The van der Waals surface area contributed by atoms with Crippen molar-refractivity contribution in [2.24, 2.45) is 0 Å². The van der Waals surface area contributed by atoms with Gasteiger partial charge in [-0.2, -0.15) is 0 Å². The molecule has 6 rings (SSSR count). The molecule has 158 valence electrons. The van der Waals surface area contributed by atoms with Gasteiger partial charge in [0, 0.05) is 0 Å². The second-order valence-electron chi connectivity index (χ2n) is 7.80. The summed E-state index contributed by atoms with van der Waals surface area (Å²) in [6.45, 7) is 0. The summed E-state index contributed by atoms with van der Waals surface area (Å²) in [6.07, 6.45) is 0. The molecule has 2 aromatic heterocycles. The van der Waals surface area contributed by atoms with Crippen LogP contribution in [0, 0.1) is 0 Å². The molecule has 0 amide bonds. The quantitative estimate of drug-likeness (QED) is 0.243. The molecular weight excluding hydrogens is 581 g/mol. The molecule has 2 nitrogen and oxygen atoms in total. The van der Waals surface area contributed by atoms with E-state index >= 15 is 0 Å². The Labute approximate surface area is 200 Å². The van der Waals surface area contributed by atoms with E-state index in [1.54, 1.807) is 0 Å². The van der Waals surface area contributed by atoms with Crippen LogP contribution in [0.3, 0.4) is 0 Å². The molecule has 0 spiro atoms. The number of aromatic nitrogens is 2. The maximum absolute atomic E-state index is 5.16. The van der Waals surface area contributed by atoms with E-state index < -0.39 is 17.7 Å². The molecule has 0 unspecified atom stereocenters. The molecule has 0 radical (unpaired) electrons. The van der Waals surface area contributed by atoms with Crippen LogP contribution >= 0.6 is 0 Å².